The molecule has 0 spiro atoms. The van der Waals surface area contributed by atoms with Gasteiger partial charge in [-0.2, -0.15) is 0 Å². The van der Waals surface area contributed by atoms with E-state index in [0.717, 1.165) is 32.7 Å². The van der Waals surface area contributed by atoms with Crippen molar-refractivity contribution in [1.82, 2.24) is 9.80 Å². The van der Waals surface area contributed by atoms with Gasteiger partial charge in [0.05, 0.1) is 24.6 Å². The molecule has 152 valence electrons. The highest BCUT2D eigenvalue weighted by atomic mass is 16.5. The minimum absolute atomic E-state index is 0.101. The SMILES string of the molecule is COc1ccccc1NC(=O)C1CC1C(=O)N1CCN(Cc2ccccc2)CC1. The minimum Gasteiger partial charge on any atom is -0.495 e. The normalized spacial score (nSPS) is 21.5. The van der Waals surface area contributed by atoms with E-state index in [9.17, 15) is 9.59 Å². The number of nitrogens with one attached hydrogen (secondary N) is 1. The molecule has 2 aliphatic rings. The standard InChI is InChI=1S/C23H27N3O3/c1-29-21-10-6-5-9-20(21)24-22(27)18-15-19(18)23(28)26-13-11-25(12-14-26)16-17-7-3-2-4-8-17/h2-10,18-19H,11-16H2,1H3,(H,24,27). The molecular weight excluding hydrogens is 366 g/mol. The highest BCUT2D eigenvalue weighted by molar-refractivity contribution is 6.00. The summed E-state index contributed by atoms with van der Waals surface area (Å²) in [7, 11) is 1.58. The highest BCUT2D eigenvalue weighted by Crippen LogP contribution is 2.41. The Morgan fingerprint density at radius 3 is 2.38 bits per heavy atom. The quantitative estimate of drug-likeness (QED) is 0.820. The lowest BCUT2D eigenvalue weighted by Crippen LogP contribution is -2.49. The first kappa shape index (κ1) is 19.5. The van der Waals surface area contributed by atoms with E-state index in [1.807, 2.05) is 29.2 Å². The lowest BCUT2D eigenvalue weighted by atomic mass is 10.2. The molecule has 1 heterocycles. The first-order valence-electron chi connectivity index (χ1n) is 10.1. The van der Waals surface area contributed by atoms with Crippen LogP contribution in [0.5, 0.6) is 5.75 Å². The van der Waals surface area contributed by atoms with Gasteiger partial charge in [0.25, 0.3) is 0 Å². The molecule has 1 saturated heterocycles. The highest BCUT2D eigenvalue weighted by Gasteiger charge is 2.49. The van der Waals surface area contributed by atoms with E-state index in [2.05, 4.69) is 34.5 Å². The molecule has 1 N–H and O–H groups in total. The predicted octanol–water partition coefficient (Wildman–Crippen LogP) is 2.61. The summed E-state index contributed by atoms with van der Waals surface area (Å²) in [5, 5.41) is 2.90. The van der Waals surface area contributed by atoms with Gasteiger partial charge in [0.15, 0.2) is 0 Å². The third kappa shape index (κ3) is 4.59. The van der Waals surface area contributed by atoms with Gasteiger partial charge in [-0.3, -0.25) is 14.5 Å². The van der Waals surface area contributed by atoms with Crippen LogP contribution in [0.3, 0.4) is 0 Å². The van der Waals surface area contributed by atoms with Crippen molar-refractivity contribution in [1.29, 1.82) is 0 Å². The number of para-hydroxylation sites is 2. The number of carbonyl (C=O) groups excluding carboxylic acids is 2. The van der Waals surface area contributed by atoms with Crippen LogP contribution in [0, 0.1) is 11.8 Å². The van der Waals surface area contributed by atoms with Crippen LogP contribution in [0.2, 0.25) is 0 Å². The van der Waals surface area contributed by atoms with Gasteiger partial charge in [0, 0.05) is 32.7 Å². The number of nitrogens with zero attached hydrogens (tertiary/aromatic N) is 2. The Bertz CT molecular complexity index is 863. The third-order valence-corrected chi connectivity index (χ3v) is 5.74. The number of anilines is 1. The zero-order valence-corrected chi connectivity index (χ0v) is 16.7. The van der Waals surface area contributed by atoms with Crippen LogP contribution in [-0.4, -0.2) is 54.9 Å². The molecule has 6 nitrogen and oxygen atoms in total. The molecule has 0 radical (unpaired) electrons. The van der Waals surface area contributed by atoms with Crippen molar-refractivity contribution < 1.29 is 14.3 Å². The molecule has 4 rings (SSSR count). The fraction of sp³-hybridized carbons (Fsp3) is 0.391. The molecule has 2 atom stereocenters. The molecular formula is C23H27N3O3. The molecule has 0 aromatic heterocycles. The van der Waals surface area contributed by atoms with E-state index in [-0.39, 0.29) is 23.7 Å². The molecule has 2 amide bonds. The van der Waals surface area contributed by atoms with Gasteiger partial charge in [-0.15, -0.1) is 0 Å². The van der Waals surface area contributed by atoms with Crippen LogP contribution in [0.15, 0.2) is 54.6 Å². The van der Waals surface area contributed by atoms with Gasteiger partial charge in [0.1, 0.15) is 5.75 Å². The van der Waals surface area contributed by atoms with E-state index >= 15 is 0 Å². The molecule has 6 heteroatoms. The first-order chi connectivity index (χ1) is 14.2. The van der Waals surface area contributed by atoms with Crippen molar-refractivity contribution in [3.63, 3.8) is 0 Å². The van der Waals surface area contributed by atoms with E-state index in [0.29, 0.717) is 17.9 Å². The topological polar surface area (TPSA) is 61.9 Å². The van der Waals surface area contributed by atoms with Crippen molar-refractivity contribution in [3.05, 3.63) is 60.2 Å². The number of hydrogen-bond donors (Lipinski definition) is 1. The number of ether oxygens (including phenoxy) is 1. The molecule has 1 aliphatic heterocycles. The molecule has 1 aliphatic carbocycles. The second kappa shape index (κ2) is 8.66. The predicted molar refractivity (Wildman–Crippen MR) is 112 cm³/mol. The van der Waals surface area contributed by atoms with Crippen molar-refractivity contribution in [2.45, 2.75) is 13.0 Å². The Kier molecular flexibility index (Phi) is 5.81. The Morgan fingerprint density at radius 1 is 0.966 bits per heavy atom. The number of benzene rings is 2. The average Bonchev–Trinajstić information content (AvgIpc) is 3.56. The summed E-state index contributed by atoms with van der Waals surface area (Å²) in [5.41, 5.74) is 1.94. The van der Waals surface area contributed by atoms with Crippen LogP contribution in [-0.2, 0) is 16.1 Å². The number of carbonyl (C=O) groups is 2. The summed E-state index contributed by atoms with van der Waals surface area (Å²) < 4.78 is 5.27. The van der Waals surface area contributed by atoms with Crippen LogP contribution in [0.4, 0.5) is 5.69 Å². The Labute approximate surface area is 171 Å². The number of methoxy groups -OCH3 is 1. The Hall–Kier alpha value is -2.86. The van der Waals surface area contributed by atoms with E-state index < -0.39 is 0 Å². The zero-order valence-electron chi connectivity index (χ0n) is 16.7. The van der Waals surface area contributed by atoms with E-state index in [1.54, 1.807) is 13.2 Å². The Morgan fingerprint density at radius 2 is 1.66 bits per heavy atom. The van der Waals surface area contributed by atoms with E-state index in [4.69, 9.17) is 4.74 Å². The molecule has 1 saturated carbocycles. The molecule has 2 fully saturated rings. The number of hydrogen-bond acceptors (Lipinski definition) is 4. The second-order valence-electron chi connectivity index (χ2n) is 7.73. The largest absolute Gasteiger partial charge is 0.495 e. The van der Waals surface area contributed by atoms with Crippen molar-refractivity contribution >= 4 is 17.5 Å². The van der Waals surface area contributed by atoms with Gasteiger partial charge < -0.3 is 15.0 Å². The number of rotatable bonds is 6. The summed E-state index contributed by atoms with van der Waals surface area (Å²) in [5.74, 6) is 0.208. The van der Waals surface area contributed by atoms with Gasteiger partial charge in [-0.05, 0) is 24.1 Å². The lowest BCUT2D eigenvalue weighted by molar-refractivity contribution is -0.135. The number of amides is 2. The maximum Gasteiger partial charge on any atom is 0.228 e. The minimum atomic E-state index is -0.241. The number of piperazine rings is 1. The summed E-state index contributed by atoms with van der Waals surface area (Å²) in [6.45, 7) is 4.10. The van der Waals surface area contributed by atoms with Crippen molar-refractivity contribution in [2.75, 3.05) is 38.6 Å². The lowest BCUT2D eigenvalue weighted by Gasteiger charge is -2.35. The Balaban J connectivity index is 1.25. The maximum absolute atomic E-state index is 12.8. The fourth-order valence-corrected chi connectivity index (χ4v) is 3.93. The van der Waals surface area contributed by atoms with Crippen LogP contribution in [0.25, 0.3) is 0 Å². The molecule has 2 aromatic carbocycles. The van der Waals surface area contributed by atoms with Gasteiger partial charge in [-0.1, -0.05) is 42.5 Å². The summed E-state index contributed by atoms with van der Waals surface area (Å²) in [6.07, 6.45) is 0.629. The van der Waals surface area contributed by atoms with Gasteiger partial charge >= 0.3 is 0 Å². The van der Waals surface area contributed by atoms with Crippen LogP contribution >= 0.6 is 0 Å². The molecule has 29 heavy (non-hydrogen) atoms. The van der Waals surface area contributed by atoms with E-state index in [1.165, 1.54) is 5.56 Å². The summed E-state index contributed by atoms with van der Waals surface area (Å²) >= 11 is 0. The van der Waals surface area contributed by atoms with Crippen LogP contribution < -0.4 is 10.1 Å². The zero-order chi connectivity index (χ0) is 20.2. The van der Waals surface area contributed by atoms with Crippen molar-refractivity contribution in [3.8, 4) is 5.75 Å². The van der Waals surface area contributed by atoms with Crippen LogP contribution in [0.1, 0.15) is 12.0 Å². The average molecular weight is 393 g/mol. The van der Waals surface area contributed by atoms with Crippen molar-refractivity contribution in [2.24, 2.45) is 11.8 Å². The van der Waals surface area contributed by atoms with Gasteiger partial charge in [0.2, 0.25) is 11.8 Å². The summed E-state index contributed by atoms with van der Waals surface area (Å²) in [4.78, 5) is 29.7. The summed E-state index contributed by atoms with van der Waals surface area (Å²) in [6, 6.07) is 17.7. The first-order valence-corrected chi connectivity index (χ1v) is 10.1. The van der Waals surface area contributed by atoms with Gasteiger partial charge in [-0.25, -0.2) is 0 Å². The smallest absolute Gasteiger partial charge is 0.228 e. The monoisotopic (exact) mass is 393 g/mol. The second-order valence-corrected chi connectivity index (χ2v) is 7.73. The maximum atomic E-state index is 12.8. The fourth-order valence-electron chi connectivity index (χ4n) is 3.93. The molecule has 0 bridgehead atoms. The third-order valence-electron chi connectivity index (χ3n) is 5.74. The molecule has 2 unspecified atom stereocenters. The molecule has 2 aromatic rings.